The van der Waals surface area contributed by atoms with E-state index in [4.69, 9.17) is 0 Å². The number of amides is 3. The van der Waals surface area contributed by atoms with Crippen LogP contribution in [0.2, 0.25) is 0 Å². The third-order valence-corrected chi connectivity index (χ3v) is 5.97. The second-order valence-electron chi connectivity index (χ2n) is 7.75. The standard InChI is InChI=1S/C20H27N3O2/c24-18-9-11-20(23(18)15-16-5-2-1-3-6-16)10-4-13-22(14-12-20)19(25)21-17-7-8-17/h1-3,5-6,17H,4,7-15H2,(H,21,25)/t20-/m1/s1. The summed E-state index contributed by atoms with van der Waals surface area (Å²) in [4.78, 5) is 29.0. The van der Waals surface area contributed by atoms with E-state index in [1.54, 1.807) is 0 Å². The number of nitrogens with zero attached hydrogens (tertiary/aromatic N) is 2. The van der Waals surface area contributed by atoms with E-state index in [1.165, 1.54) is 5.56 Å². The van der Waals surface area contributed by atoms with Crippen LogP contribution in [0.25, 0.3) is 0 Å². The minimum absolute atomic E-state index is 0.0679. The van der Waals surface area contributed by atoms with Gasteiger partial charge in [-0.3, -0.25) is 4.79 Å². The molecule has 2 heterocycles. The molecule has 0 radical (unpaired) electrons. The molecular formula is C20H27N3O2. The minimum atomic E-state index is -0.0679. The Morgan fingerprint density at radius 3 is 2.68 bits per heavy atom. The molecule has 3 fully saturated rings. The van der Waals surface area contributed by atoms with Crippen LogP contribution in [0.5, 0.6) is 0 Å². The highest BCUT2D eigenvalue weighted by atomic mass is 16.2. The van der Waals surface area contributed by atoms with Crippen molar-refractivity contribution in [3.05, 3.63) is 35.9 Å². The molecule has 4 rings (SSSR count). The number of hydrogen-bond acceptors (Lipinski definition) is 2. The first-order valence-electron chi connectivity index (χ1n) is 9.56. The van der Waals surface area contributed by atoms with Crippen LogP contribution in [0, 0.1) is 0 Å². The van der Waals surface area contributed by atoms with Gasteiger partial charge in [0.25, 0.3) is 0 Å². The maximum atomic E-state index is 12.6. The van der Waals surface area contributed by atoms with Crippen LogP contribution >= 0.6 is 0 Å². The quantitative estimate of drug-likeness (QED) is 0.919. The molecule has 0 bridgehead atoms. The van der Waals surface area contributed by atoms with Crippen molar-refractivity contribution in [2.24, 2.45) is 0 Å². The molecule has 1 spiro atoms. The van der Waals surface area contributed by atoms with Crippen LogP contribution in [-0.2, 0) is 11.3 Å². The van der Waals surface area contributed by atoms with E-state index >= 15 is 0 Å². The number of benzene rings is 1. The molecule has 2 aliphatic heterocycles. The molecule has 1 N–H and O–H groups in total. The smallest absolute Gasteiger partial charge is 0.317 e. The summed E-state index contributed by atoms with van der Waals surface area (Å²) >= 11 is 0. The lowest BCUT2D eigenvalue weighted by Gasteiger charge is -2.38. The summed E-state index contributed by atoms with van der Waals surface area (Å²) < 4.78 is 0. The first kappa shape index (κ1) is 16.4. The molecule has 0 unspecified atom stereocenters. The molecule has 1 aromatic rings. The minimum Gasteiger partial charge on any atom is -0.335 e. The number of hydrogen-bond donors (Lipinski definition) is 1. The SMILES string of the molecule is O=C(NC1CC1)N1CCC[C@@]2(CCC(=O)N2Cc2ccccc2)CC1. The van der Waals surface area contributed by atoms with Gasteiger partial charge in [-0.05, 0) is 44.1 Å². The van der Waals surface area contributed by atoms with Gasteiger partial charge in [-0.2, -0.15) is 0 Å². The Hall–Kier alpha value is -2.04. The van der Waals surface area contributed by atoms with E-state index < -0.39 is 0 Å². The monoisotopic (exact) mass is 341 g/mol. The van der Waals surface area contributed by atoms with Gasteiger partial charge in [0, 0.05) is 37.6 Å². The molecule has 2 saturated heterocycles. The van der Waals surface area contributed by atoms with Crippen molar-refractivity contribution < 1.29 is 9.59 Å². The van der Waals surface area contributed by atoms with E-state index in [0.717, 1.165) is 51.6 Å². The summed E-state index contributed by atoms with van der Waals surface area (Å²) in [6, 6.07) is 10.7. The van der Waals surface area contributed by atoms with E-state index in [9.17, 15) is 9.59 Å². The highest BCUT2D eigenvalue weighted by Crippen LogP contribution is 2.40. The largest absolute Gasteiger partial charge is 0.335 e. The summed E-state index contributed by atoms with van der Waals surface area (Å²) in [5.74, 6) is 0.264. The number of carbonyl (C=O) groups excluding carboxylic acids is 2. The van der Waals surface area contributed by atoms with E-state index in [1.807, 2.05) is 23.1 Å². The third kappa shape index (κ3) is 3.51. The van der Waals surface area contributed by atoms with Gasteiger partial charge >= 0.3 is 6.03 Å². The predicted molar refractivity (Wildman–Crippen MR) is 95.9 cm³/mol. The molecule has 25 heavy (non-hydrogen) atoms. The molecule has 3 aliphatic rings. The molecule has 0 aromatic heterocycles. The summed E-state index contributed by atoms with van der Waals surface area (Å²) in [6.07, 6.45) is 6.66. The fraction of sp³-hybridized carbons (Fsp3) is 0.600. The first-order chi connectivity index (χ1) is 12.2. The van der Waals surface area contributed by atoms with Gasteiger partial charge in [-0.1, -0.05) is 30.3 Å². The lowest BCUT2D eigenvalue weighted by molar-refractivity contribution is -0.132. The normalized spacial score (nSPS) is 26.8. The van der Waals surface area contributed by atoms with E-state index in [2.05, 4.69) is 22.3 Å². The van der Waals surface area contributed by atoms with Crippen molar-refractivity contribution in [1.29, 1.82) is 0 Å². The molecular weight excluding hydrogens is 314 g/mol. The van der Waals surface area contributed by atoms with Crippen molar-refractivity contribution in [3.63, 3.8) is 0 Å². The van der Waals surface area contributed by atoms with E-state index in [-0.39, 0.29) is 17.5 Å². The van der Waals surface area contributed by atoms with Crippen LogP contribution in [0.1, 0.15) is 50.5 Å². The Bertz CT molecular complexity index is 644. The fourth-order valence-corrected chi connectivity index (χ4v) is 4.29. The third-order valence-electron chi connectivity index (χ3n) is 5.97. The summed E-state index contributed by atoms with van der Waals surface area (Å²) in [6.45, 7) is 2.23. The summed E-state index contributed by atoms with van der Waals surface area (Å²) in [5.41, 5.74) is 1.12. The second kappa shape index (κ2) is 6.70. The van der Waals surface area contributed by atoms with Gasteiger partial charge in [0.1, 0.15) is 0 Å². The Kier molecular flexibility index (Phi) is 4.40. The molecule has 134 valence electrons. The van der Waals surface area contributed by atoms with Crippen molar-refractivity contribution in [2.45, 2.75) is 63.1 Å². The number of nitrogens with one attached hydrogen (secondary N) is 1. The Balaban J connectivity index is 1.45. The molecule has 5 nitrogen and oxygen atoms in total. The number of carbonyl (C=O) groups is 2. The second-order valence-corrected chi connectivity index (χ2v) is 7.75. The van der Waals surface area contributed by atoms with Crippen LogP contribution in [-0.4, -0.2) is 46.4 Å². The van der Waals surface area contributed by atoms with Crippen LogP contribution in [0.4, 0.5) is 4.79 Å². The van der Waals surface area contributed by atoms with Gasteiger partial charge < -0.3 is 15.1 Å². The van der Waals surface area contributed by atoms with Gasteiger partial charge in [-0.25, -0.2) is 4.79 Å². The van der Waals surface area contributed by atoms with Crippen LogP contribution in [0.3, 0.4) is 0 Å². The molecule has 3 amide bonds. The zero-order chi connectivity index (χ0) is 17.3. The molecule has 1 aromatic carbocycles. The van der Waals surface area contributed by atoms with Crippen molar-refractivity contribution >= 4 is 11.9 Å². The maximum Gasteiger partial charge on any atom is 0.317 e. The maximum absolute atomic E-state index is 12.6. The number of urea groups is 1. The van der Waals surface area contributed by atoms with Gasteiger partial charge in [-0.15, -0.1) is 0 Å². The Morgan fingerprint density at radius 2 is 1.92 bits per heavy atom. The topological polar surface area (TPSA) is 52.7 Å². The first-order valence-corrected chi connectivity index (χ1v) is 9.56. The number of rotatable bonds is 3. The fourth-order valence-electron chi connectivity index (χ4n) is 4.29. The lowest BCUT2D eigenvalue weighted by Crippen LogP contribution is -2.47. The average Bonchev–Trinajstić information content (AvgIpc) is 3.41. The lowest BCUT2D eigenvalue weighted by atomic mass is 9.87. The van der Waals surface area contributed by atoms with Gasteiger partial charge in [0.2, 0.25) is 5.91 Å². The van der Waals surface area contributed by atoms with Crippen LogP contribution < -0.4 is 5.32 Å². The Morgan fingerprint density at radius 1 is 1.12 bits per heavy atom. The molecule has 5 heteroatoms. The van der Waals surface area contributed by atoms with Crippen molar-refractivity contribution in [3.8, 4) is 0 Å². The summed E-state index contributed by atoms with van der Waals surface area (Å²) in [5, 5.41) is 3.10. The summed E-state index contributed by atoms with van der Waals surface area (Å²) in [7, 11) is 0. The zero-order valence-corrected chi connectivity index (χ0v) is 14.7. The average molecular weight is 341 g/mol. The van der Waals surface area contributed by atoms with E-state index in [0.29, 0.717) is 19.0 Å². The Labute approximate surface area is 149 Å². The van der Waals surface area contributed by atoms with Crippen molar-refractivity contribution in [2.75, 3.05) is 13.1 Å². The van der Waals surface area contributed by atoms with Gasteiger partial charge in [0.05, 0.1) is 0 Å². The molecule has 1 aliphatic carbocycles. The molecule has 1 saturated carbocycles. The van der Waals surface area contributed by atoms with Gasteiger partial charge in [0.15, 0.2) is 0 Å². The predicted octanol–water partition coefficient (Wildman–Crippen LogP) is 2.91. The highest BCUT2D eigenvalue weighted by molar-refractivity contribution is 5.80. The van der Waals surface area contributed by atoms with Crippen LogP contribution in [0.15, 0.2) is 30.3 Å². The zero-order valence-electron chi connectivity index (χ0n) is 14.7. The van der Waals surface area contributed by atoms with Crippen molar-refractivity contribution in [1.82, 2.24) is 15.1 Å². The number of likely N-dealkylation sites (tertiary alicyclic amines) is 2. The molecule has 1 atom stereocenters. The highest BCUT2D eigenvalue weighted by Gasteiger charge is 2.46.